The molecule has 100 valence electrons. The van der Waals surface area contributed by atoms with E-state index in [4.69, 9.17) is 5.41 Å². The van der Waals surface area contributed by atoms with Gasteiger partial charge in [-0.1, -0.05) is 38.1 Å². The number of nitrogens with one attached hydrogen (secondary N) is 1. The molecule has 1 atom stereocenters. The summed E-state index contributed by atoms with van der Waals surface area (Å²) in [5.41, 5.74) is 5.31. The zero-order valence-corrected chi connectivity index (χ0v) is 12.0. The number of rotatable bonds is 4. The minimum absolute atomic E-state index is 0.0291. The molecule has 1 aromatic rings. The largest absolute Gasteiger partial charge is 0.336 e. The van der Waals surface area contributed by atoms with E-state index in [9.17, 15) is 0 Å². The monoisotopic (exact) mass is 254 g/mol. The number of nitrogens with zero attached hydrogens (tertiary/aromatic N) is 1. The minimum atomic E-state index is 0.0291. The Morgan fingerprint density at radius 2 is 2.00 bits per heavy atom. The third-order valence-corrected chi connectivity index (χ3v) is 3.64. The first-order chi connectivity index (χ1) is 9.21. The van der Waals surface area contributed by atoms with Crippen LogP contribution in [-0.4, -0.2) is 12.3 Å². The molecule has 0 aromatic heterocycles. The molecule has 1 aliphatic rings. The molecule has 2 nitrogen and oxygen atoms in total. The Labute approximate surface area is 116 Å². The van der Waals surface area contributed by atoms with Gasteiger partial charge in [-0.15, -0.1) is 0 Å². The van der Waals surface area contributed by atoms with Gasteiger partial charge in [-0.3, -0.25) is 0 Å². The van der Waals surface area contributed by atoms with Gasteiger partial charge >= 0.3 is 0 Å². The van der Waals surface area contributed by atoms with Crippen LogP contribution in [0.4, 0.5) is 5.69 Å². The third-order valence-electron chi connectivity index (χ3n) is 3.64. The zero-order valence-electron chi connectivity index (χ0n) is 12.0. The van der Waals surface area contributed by atoms with E-state index in [-0.39, 0.29) is 6.04 Å². The molecule has 2 heteroatoms. The first-order valence-corrected chi connectivity index (χ1v) is 6.97. The average molecular weight is 254 g/mol. The topological polar surface area (TPSA) is 27.1 Å². The zero-order chi connectivity index (χ0) is 13.8. The molecule has 0 saturated carbocycles. The smallest absolute Gasteiger partial charge is 0.0867 e. The second-order valence-corrected chi connectivity index (χ2v) is 4.92. The lowest BCUT2D eigenvalue weighted by Crippen LogP contribution is -2.32. The lowest BCUT2D eigenvalue weighted by atomic mass is 9.98. The van der Waals surface area contributed by atoms with Crippen molar-refractivity contribution in [1.82, 2.24) is 0 Å². The van der Waals surface area contributed by atoms with Crippen LogP contribution in [0.25, 0.3) is 0 Å². The van der Waals surface area contributed by atoms with Crippen molar-refractivity contribution in [2.75, 3.05) is 4.90 Å². The van der Waals surface area contributed by atoms with E-state index in [1.807, 2.05) is 12.2 Å². The van der Waals surface area contributed by atoms with Crippen LogP contribution in [0.1, 0.15) is 30.5 Å². The van der Waals surface area contributed by atoms with Crippen molar-refractivity contribution in [1.29, 1.82) is 5.41 Å². The molecule has 1 unspecified atom stereocenters. The summed E-state index contributed by atoms with van der Waals surface area (Å²) < 4.78 is 0. The van der Waals surface area contributed by atoms with Crippen molar-refractivity contribution in [3.63, 3.8) is 0 Å². The highest BCUT2D eigenvalue weighted by molar-refractivity contribution is 5.76. The lowest BCUT2D eigenvalue weighted by molar-refractivity contribution is 0.940. The molecule has 1 aliphatic heterocycles. The van der Waals surface area contributed by atoms with Crippen LogP contribution in [-0.2, 0) is 12.8 Å². The second kappa shape index (κ2) is 5.87. The van der Waals surface area contributed by atoms with Crippen molar-refractivity contribution in [3.8, 4) is 0 Å². The Morgan fingerprint density at radius 1 is 1.21 bits per heavy atom. The van der Waals surface area contributed by atoms with Crippen molar-refractivity contribution >= 4 is 11.9 Å². The van der Waals surface area contributed by atoms with Crippen molar-refractivity contribution in [2.45, 2.75) is 39.7 Å². The van der Waals surface area contributed by atoms with Gasteiger partial charge in [-0.05, 0) is 42.5 Å². The van der Waals surface area contributed by atoms with Crippen LogP contribution in [0.5, 0.6) is 0 Å². The van der Waals surface area contributed by atoms with E-state index in [1.165, 1.54) is 28.6 Å². The Hall–Kier alpha value is -1.83. The highest BCUT2D eigenvalue weighted by atomic mass is 15.1. The summed E-state index contributed by atoms with van der Waals surface area (Å²) in [4.78, 5) is 2.20. The van der Waals surface area contributed by atoms with Crippen molar-refractivity contribution < 1.29 is 0 Å². The summed E-state index contributed by atoms with van der Waals surface area (Å²) in [5.74, 6) is 0. The summed E-state index contributed by atoms with van der Waals surface area (Å²) in [6.07, 6.45) is 11.7. The summed E-state index contributed by atoms with van der Waals surface area (Å²) in [6, 6.07) is 4.60. The standard InChI is InChI=1S/C17H22N2/c1-4-14-10-13(3)17(15(5-2)11-14)19-9-7-6-8-16(19)12-18/h6-12,16,18H,4-5H2,1-3H3. The van der Waals surface area contributed by atoms with Crippen LogP contribution in [0.2, 0.25) is 0 Å². The molecule has 1 heterocycles. The maximum absolute atomic E-state index is 7.60. The molecule has 1 N–H and O–H groups in total. The number of allylic oxidation sites excluding steroid dienone is 2. The van der Waals surface area contributed by atoms with Gasteiger partial charge in [0.2, 0.25) is 0 Å². The van der Waals surface area contributed by atoms with Gasteiger partial charge < -0.3 is 10.3 Å². The molecular weight excluding hydrogens is 232 g/mol. The third kappa shape index (κ3) is 2.62. The number of aryl methyl sites for hydroxylation is 3. The van der Waals surface area contributed by atoms with Gasteiger partial charge in [0.05, 0.1) is 6.04 Å². The predicted octanol–water partition coefficient (Wildman–Crippen LogP) is 4.03. The lowest BCUT2D eigenvalue weighted by Gasteiger charge is -2.31. The van der Waals surface area contributed by atoms with E-state index in [0.717, 1.165) is 12.8 Å². The van der Waals surface area contributed by atoms with Gasteiger partial charge in [0.25, 0.3) is 0 Å². The fourth-order valence-corrected chi connectivity index (χ4v) is 2.65. The average Bonchev–Trinajstić information content (AvgIpc) is 2.46. The highest BCUT2D eigenvalue weighted by Crippen LogP contribution is 2.30. The molecule has 0 amide bonds. The van der Waals surface area contributed by atoms with Crippen LogP contribution in [0, 0.1) is 12.3 Å². The van der Waals surface area contributed by atoms with E-state index >= 15 is 0 Å². The van der Waals surface area contributed by atoms with Gasteiger partial charge in [-0.25, -0.2) is 0 Å². The fraction of sp³-hybridized carbons (Fsp3) is 0.353. The summed E-state index contributed by atoms with van der Waals surface area (Å²) in [5, 5.41) is 7.60. The number of anilines is 1. The Balaban J connectivity index is 2.52. The molecule has 0 radical (unpaired) electrons. The first kappa shape index (κ1) is 13.6. The molecule has 0 spiro atoms. The maximum Gasteiger partial charge on any atom is 0.0867 e. The molecule has 0 aliphatic carbocycles. The van der Waals surface area contributed by atoms with Gasteiger partial charge in [-0.2, -0.15) is 0 Å². The second-order valence-electron chi connectivity index (χ2n) is 4.92. The first-order valence-electron chi connectivity index (χ1n) is 6.97. The molecule has 19 heavy (non-hydrogen) atoms. The molecule has 0 bridgehead atoms. The van der Waals surface area contributed by atoms with Gasteiger partial charge in [0.1, 0.15) is 0 Å². The van der Waals surface area contributed by atoms with Crippen molar-refractivity contribution in [2.24, 2.45) is 0 Å². The number of benzene rings is 1. The van der Waals surface area contributed by atoms with Crippen LogP contribution < -0.4 is 4.90 Å². The van der Waals surface area contributed by atoms with Gasteiger partial charge in [0, 0.05) is 18.1 Å². The Bertz CT molecular complexity index is 526. The van der Waals surface area contributed by atoms with Gasteiger partial charge in [0.15, 0.2) is 0 Å². The van der Waals surface area contributed by atoms with Crippen molar-refractivity contribution in [3.05, 3.63) is 53.3 Å². The molecule has 0 saturated heterocycles. The number of hydrogen-bond donors (Lipinski definition) is 1. The Morgan fingerprint density at radius 3 is 2.63 bits per heavy atom. The number of hydrogen-bond acceptors (Lipinski definition) is 2. The normalized spacial score (nSPS) is 17.8. The van der Waals surface area contributed by atoms with E-state index in [0.29, 0.717) is 0 Å². The summed E-state index contributed by atoms with van der Waals surface area (Å²) >= 11 is 0. The summed E-state index contributed by atoms with van der Waals surface area (Å²) in [7, 11) is 0. The summed E-state index contributed by atoms with van der Waals surface area (Å²) in [6.45, 7) is 6.55. The fourth-order valence-electron chi connectivity index (χ4n) is 2.65. The molecule has 2 rings (SSSR count). The van der Waals surface area contributed by atoms with Crippen LogP contribution in [0.3, 0.4) is 0 Å². The van der Waals surface area contributed by atoms with E-state index in [1.54, 1.807) is 0 Å². The van der Waals surface area contributed by atoms with E-state index in [2.05, 4.69) is 50.1 Å². The predicted molar refractivity (Wildman–Crippen MR) is 83.3 cm³/mol. The molecule has 1 aromatic carbocycles. The molecular formula is C17H22N2. The minimum Gasteiger partial charge on any atom is -0.336 e. The molecule has 0 fully saturated rings. The van der Waals surface area contributed by atoms with Crippen LogP contribution in [0.15, 0.2) is 36.6 Å². The Kier molecular flexibility index (Phi) is 4.20. The highest BCUT2D eigenvalue weighted by Gasteiger charge is 2.19. The van der Waals surface area contributed by atoms with Crippen LogP contribution >= 0.6 is 0 Å². The van der Waals surface area contributed by atoms with E-state index < -0.39 is 0 Å². The quantitative estimate of drug-likeness (QED) is 0.807. The maximum atomic E-state index is 7.60. The SMILES string of the molecule is CCc1cc(C)c(N2C=CC=CC2C=N)c(CC)c1.